The summed E-state index contributed by atoms with van der Waals surface area (Å²) in [5, 5.41) is 27.7. The lowest BCUT2D eigenvalue weighted by Crippen LogP contribution is -2.58. The molecule has 6 aromatic carbocycles. The van der Waals surface area contributed by atoms with E-state index in [1.54, 1.807) is 139 Å². The first kappa shape index (κ1) is 80.7. The van der Waals surface area contributed by atoms with Crippen LogP contribution in [0.25, 0.3) is 0 Å². The smallest absolute Gasteiger partial charge is 0.408 e. The van der Waals surface area contributed by atoms with Crippen molar-refractivity contribution in [3.63, 3.8) is 0 Å². The number of benzene rings is 6. The monoisotopic (exact) mass is 1430 g/mol. The molecule has 0 fully saturated rings. The van der Waals surface area contributed by atoms with Crippen LogP contribution in [-0.4, -0.2) is 133 Å². The van der Waals surface area contributed by atoms with Crippen molar-refractivity contribution >= 4 is 60.1 Å². The van der Waals surface area contributed by atoms with Gasteiger partial charge in [0.1, 0.15) is 77.0 Å². The highest BCUT2D eigenvalue weighted by molar-refractivity contribution is 5.95. The molecular weight excluding hydrogens is 1340 g/mol. The SMILES string of the molecule is CC(C)(C)OC(=O)N[C@H]1Cc2cccc(c2)Oc2cccc(c2)C[C@@H](C(=O)NCC(F)(F)F)NC(=O)[C@H](CCc2ccccc2)NC1=O.CC(C)(C)OC(=O)N[C@H]1Cc2cccc(c2)Oc2cccc(c2)C[C@@H](C(=O)O)NC(=O)[C@H](CCc2ccccc2)NC1=O.Cl.NCC(F)(F)F.[2H]CF. The van der Waals surface area contributed by atoms with Gasteiger partial charge < -0.3 is 67.0 Å². The van der Waals surface area contributed by atoms with E-state index in [0.29, 0.717) is 58.1 Å². The molecule has 10 N–H and O–H groups in total. The second-order valence-corrected chi connectivity index (χ2v) is 24.8. The zero-order valence-electron chi connectivity index (χ0n) is 56.7. The number of alkyl halides is 7. The number of rotatable bonds is 11. The van der Waals surface area contributed by atoms with E-state index in [0.717, 1.165) is 11.1 Å². The van der Waals surface area contributed by atoms with Gasteiger partial charge in [-0.05, 0) is 149 Å². The minimum absolute atomic E-state index is 0. The molecule has 0 saturated carbocycles. The summed E-state index contributed by atoms with van der Waals surface area (Å²) in [6, 6.07) is 38.8. The number of hydrogen-bond acceptors (Lipinski definition) is 13. The topological polar surface area (TPSA) is 304 Å². The molecule has 542 valence electrons. The summed E-state index contributed by atoms with van der Waals surface area (Å²) in [6.45, 7) is 7.34. The van der Waals surface area contributed by atoms with E-state index in [-0.39, 0.29) is 50.9 Å². The highest BCUT2D eigenvalue weighted by atomic mass is 35.5. The van der Waals surface area contributed by atoms with Crippen molar-refractivity contribution in [2.24, 2.45) is 5.73 Å². The zero-order valence-corrected chi connectivity index (χ0v) is 56.5. The van der Waals surface area contributed by atoms with Crippen LogP contribution in [-0.2, 0) is 76.8 Å². The molecule has 100 heavy (non-hydrogen) atoms. The predicted molar refractivity (Wildman–Crippen MR) is 360 cm³/mol. The molecular formula is C71H84ClF7N8O13. The van der Waals surface area contributed by atoms with Crippen molar-refractivity contribution in [2.45, 2.75) is 153 Å². The quantitative estimate of drug-likeness (QED) is 0.0545. The lowest BCUT2D eigenvalue weighted by molar-refractivity contribution is -0.142. The number of fused-ring (bicyclic) bond motifs is 8. The molecule has 6 aromatic rings. The molecule has 7 amide bonds. The Bertz CT molecular complexity index is 3680. The first-order chi connectivity index (χ1) is 47.1. The second-order valence-electron chi connectivity index (χ2n) is 24.8. The van der Waals surface area contributed by atoms with Crippen molar-refractivity contribution in [3.05, 3.63) is 191 Å². The number of nitrogens with two attached hydrogens (primary N) is 1. The molecule has 0 unspecified atom stereocenters. The molecule has 2 aliphatic heterocycles. The van der Waals surface area contributed by atoms with Gasteiger partial charge in [-0.25, -0.2) is 14.4 Å². The number of aliphatic carboxylic acids is 1. The summed E-state index contributed by atoms with van der Waals surface area (Å²) in [5.41, 5.74) is 6.83. The molecule has 21 nitrogen and oxygen atoms in total. The lowest BCUT2D eigenvalue weighted by Gasteiger charge is -2.27. The Labute approximate surface area is 582 Å². The van der Waals surface area contributed by atoms with Crippen LogP contribution in [0.2, 0.25) is 0 Å². The predicted octanol–water partition coefficient (Wildman–Crippen LogP) is 10.4. The number of amides is 7. The van der Waals surface area contributed by atoms with Crippen LogP contribution in [0.15, 0.2) is 158 Å². The fraction of sp³-hybridized carbons (Fsp3) is 0.380. The standard InChI is InChI=1S/C35H39F3N4O6.C33H37N3O7.C2H4F3N.CH3F.ClH/c1-34(2,3)48-33(46)42-29-20-24-12-8-14-26(18-24)47-25-13-7-11-23(17-25)19-28(30(43)39-21-35(36,37)38)41-31(44)27(40-32(29)45)16-15-22-9-5-4-6-10-22;1-33(2,3)43-32(41)36-27-19-22-11-7-13-24(17-22)42-25-14-8-12-23(18-25)20-28(31(39)40)35-29(37)26(34-30(27)38)16-15-21-9-5-4-6-10-21;3-2(4,5)1-6;1-2;/h4-14,17-18,27-29H,15-16,19-21H2,1-3H3,(H,39,43)(H,40,45)(H,41,44)(H,42,46);4-14,17-18,26-28H,15-16,19-20H2,1-3H3,(H,34,38)(H,35,37)(H,36,41)(H,39,40);1,6H2;1H3;1H/t27-,28-,29-;26-,27-,28-;;;/m00.../s1/i;;;1D;. The maximum atomic E-state index is 13.8. The molecule has 29 heteroatoms. The molecule has 0 aromatic heterocycles. The van der Waals surface area contributed by atoms with E-state index in [9.17, 15) is 74.2 Å². The van der Waals surface area contributed by atoms with E-state index >= 15 is 0 Å². The molecule has 2 heterocycles. The third-order valence-corrected chi connectivity index (χ3v) is 14.2. The summed E-state index contributed by atoms with van der Waals surface area (Å²) in [6.07, 6.45) is -9.53. The van der Waals surface area contributed by atoms with Gasteiger partial charge in [0.2, 0.25) is 29.5 Å². The zero-order chi connectivity index (χ0) is 73.8. The second kappa shape index (κ2) is 39.0. The number of carbonyl (C=O) groups is 8. The number of carboxylic acids is 1. The molecule has 8 bridgehead atoms. The largest absolute Gasteiger partial charge is 0.480 e. The summed E-state index contributed by atoms with van der Waals surface area (Å²) in [5.74, 6) is -3.25. The number of halogens is 8. The average molecular weight is 1430 g/mol. The number of ether oxygens (including phenoxy) is 4. The molecule has 8 rings (SSSR count). The Hall–Kier alpha value is -9.96. The Balaban J connectivity index is 0.000000380. The van der Waals surface area contributed by atoms with E-state index in [2.05, 4.69) is 37.6 Å². The van der Waals surface area contributed by atoms with Crippen LogP contribution < -0.4 is 52.4 Å². The molecule has 0 aliphatic carbocycles. The molecule has 6 atom stereocenters. The van der Waals surface area contributed by atoms with Gasteiger partial charge in [0.25, 0.3) is 0 Å². The normalized spacial score (nSPS) is 18.2. The van der Waals surface area contributed by atoms with Gasteiger partial charge >= 0.3 is 30.5 Å². The maximum absolute atomic E-state index is 13.8. The molecule has 0 radical (unpaired) electrons. The van der Waals surface area contributed by atoms with Crippen LogP contribution in [0.5, 0.6) is 23.0 Å². The first-order valence-corrected chi connectivity index (χ1v) is 31.3. The molecule has 2 aliphatic rings. The van der Waals surface area contributed by atoms with Crippen LogP contribution in [0.1, 0.15) is 89.1 Å². The van der Waals surface area contributed by atoms with Crippen LogP contribution in [0, 0.1) is 0 Å². The van der Waals surface area contributed by atoms with E-state index in [4.69, 9.17) is 20.3 Å². The van der Waals surface area contributed by atoms with Gasteiger partial charge in [-0.1, -0.05) is 109 Å². The van der Waals surface area contributed by atoms with Crippen molar-refractivity contribution in [2.75, 3.05) is 20.2 Å². The number of hydrogen-bond donors (Lipinski definition) is 9. The number of aryl methyl sites for hydroxylation is 2. The third kappa shape index (κ3) is 30.8. The first-order valence-electron chi connectivity index (χ1n) is 32.0. The Morgan fingerprint density at radius 1 is 0.520 bits per heavy atom. The van der Waals surface area contributed by atoms with E-state index in [1.807, 2.05) is 66.0 Å². The summed E-state index contributed by atoms with van der Waals surface area (Å²) in [7, 11) is -1.00. The Morgan fingerprint density at radius 3 is 1.17 bits per heavy atom. The number of alkyl carbamates (subject to hydrolysis) is 2. The van der Waals surface area contributed by atoms with Crippen molar-refractivity contribution in [1.29, 1.82) is 0 Å². The Kier molecular flexibility index (Phi) is 31.5. The van der Waals surface area contributed by atoms with Crippen LogP contribution in [0.3, 0.4) is 0 Å². The molecule has 0 saturated heterocycles. The van der Waals surface area contributed by atoms with Gasteiger partial charge in [-0.2, -0.15) is 26.3 Å². The van der Waals surface area contributed by atoms with Crippen LogP contribution >= 0.6 is 12.4 Å². The summed E-state index contributed by atoms with van der Waals surface area (Å²) >= 11 is 0. The highest BCUT2D eigenvalue weighted by Crippen LogP contribution is 2.28. The summed E-state index contributed by atoms with van der Waals surface area (Å²) in [4.78, 5) is 106. The summed E-state index contributed by atoms with van der Waals surface area (Å²) < 4.78 is 109. The third-order valence-electron chi connectivity index (χ3n) is 14.2. The van der Waals surface area contributed by atoms with Gasteiger partial charge in [0.05, 0.1) is 15.1 Å². The fourth-order valence-electron chi connectivity index (χ4n) is 9.74. The van der Waals surface area contributed by atoms with Crippen LogP contribution in [0.4, 0.5) is 40.3 Å². The van der Waals surface area contributed by atoms with E-state index < -0.39 is 128 Å². The Morgan fingerprint density at radius 2 is 0.850 bits per heavy atom. The number of nitrogens with one attached hydrogen (secondary N) is 7. The maximum Gasteiger partial charge on any atom is 0.408 e. The van der Waals surface area contributed by atoms with Gasteiger partial charge in [-0.3, -0.25) is 28.4 Å². The highest BCUT2D eigenvalue weighted by Gasteiger charge is 2.35. The number of carbonyl (C=O) groups excluding carboxylic acids is 7. The minimum Gasteiger partial charge on any atom is -0.480 e. The van der Waals surface area contributed by atoms with Gasteiger partial charge in [-0.15, -0.1) is 12.4 Å². The van der Waals surface area contributed by atoms with Gasteiger partial charge in [0.15, 0.2) is 0 Å². The van der Waals surface area contributed by atoms with Crippen molar-refractivity contribution < 1.29 is 94.5 Å². The fourth-order valence-corrected chi connectivity index (χ4v) is 9.74. The minimum atomic E-state index is -4.68. The van der Waals surface area contributed by atoms with Gasteiger partial charge in [0, 0.05) is 25.7 Å². The van der Waals surface area contributed by atoms with Crippen molar-refractivity contribution in [3.8, 4) is 23.0 Å². The lowest BCUT2D eigenvalue weighted by atomic mass is 10.0. The number of carboxylic acid groups (broad SMARTS) is 1. The molecule has 0 spiro atoms. The van der Waals surface area contributed by atoms with Crippen molar-refractivity contribution in [1.82, 2.24) is 37.2 Å². The van der Waals surface area contributed by atoms with E-state index in [1.165, 1.54) is 0 Å². The average Bonchev–Trinajstić information content (AvgIpc) is 0.849.